The number of hydrogen-bond donors (Lipinski definition) is 3. The minimum Gasteiger partial charge on any atom is -0.371 e. The van der Waals surface area contributed by atoms with E-state index >= 15 is 0 Å². The van der Waals surface area contributed by atoms with E-state index in [1.165, 1.54) is 18.5 Å². The van der Waals surface area contributed by atoms with Crippen LogP contribution in [-0.4, -0.2) is 39.3 Å². The molecule has 0 bridgehead atoms. The van der Waals surface area contributed by atoms with Gasteiger partial charge in [0.2, 0.25) is 0 Å². The average Bonchev–Trinajstić information content (AvgIpc) is 3.41. The topological polar surface area (TPSA) is 98.8 Å². The van der Waals surface area contributed by atoms with Gasteiger partial charge < -0.3 is 15.5 Å². The first kappa shape index (κ1) is 18.0. The lowest BCUT2D eigenvalue weighted by Crippen LogP contribution is -2.29. The molecule has 1 fully saturated rings. The van der Waals surface area contributed by atoms with E-state index in [0.717, 1.165) is 29.9 Å². The Balaban J connectivity index is 1.36. The number of aromatic nitrogens is 4. The number of nitrogens with zero attached hydrogens (tertiary/aromatic N) is 4. The van der Waals surface area contributed by atoms with E-state index in [-0.39, 0.29) is 12.6 Å². The van der Waals surface area contributed by atoms with Gasteiger partial charge in [-0.2, -0.15) is 5.10 Å². The Hall–Kier alpha value is -3.42. The second-order valence-corrected chi connectivity index (χ2v) is 6.79. The van der Waals surface area contributed by atoms with Crippen molar-refractivity contribution < 1.29 is 4.79 Å². The largest absolute Gasteiger partial charge is 0.371 e. The maximum Gasteiger partial charge on any atom is 0.319 e. The van der Waals surface area contributed by atoms with Gasteiger partial charge in [0.1, 0.15) is 5.82 Å². The number of pyridine rings is 1. The molecule has 144 valence electrons. The summed E-state index contributed by atoms with van der Waals surface area (Å²) in [7, 11) is 0. The van der Waals surface area contributed by atoms with Crippen molar-refractivity contribution in [3.63, 3.8) is 0 Å². The van der Waals surface area contributed by atoms with Crippen molar-refractivity contribution in [2.24, 2.45) is 0 Å². The molecule has 2 amide bonds. The van der Waals surface area contributed by atoms with Gasteiger partial charge >= 0.3 is 6.03 Å². The number of anilines is 2. The Kier molecular flexibility index (Phi) is 5.18. The van der Waals surface area contributed by atoms with Crippen LogP contribution in [-0.2, 0) is 6.54 Å². The Morgan fingerprint density at radius 2 is 1.96 bits per heavy atom. The van der Waals surface area contributed by atoms with Gasteiger partial charge in [0.15, 0.2) is 5.82 Å². The Morgan fingerprint density at radius 3 is 2.75 bits per heavy atom. The van der Waals surface area contributed by atoms with Crippen LogP contribution < -0.4 is 15.5 Å². The van der Waals surface area contributed by atoms with Gasteiger partial charge in [0.25, 0.3) is 0 Å². The molecule has 3 N–H and O–H groups in total. The molecule has 1 saturated heterocycles. The molecular formula is C20H23N7O. The van der Waals surface area contributed by atoms with Crippen LogP contribution in [0.3, 0.4) is 0 Å². The van der Waals surface area contributed by atoms with E-state index in [2.05, 4.69) is 41.8 Å². The molecule has 1 aromatic carbocycles. The monoisotopic (exact) mass is 377 g/mol. The molecule has 1 aliphatic rings. The Morgan fingerprint density at radius 1 is 1.18 bits per heavy atom. The predicted octanol–water partition coefficient (Wildman–Crippen LogP) is 3.10. The zero-order valence-electron chi connectivity index (χ0n) is 15.8. The smallest absolute Gasteiger partial charge is 0.319 e. The van der Waals surface area contributed by atoms with Gasteiger partial charge in [-0.1, -0.05) is 6.07 Å². The molecule has 1 aliphatic heterocycles. The Labute approximate surface area is 163 Å². The van der Waals surface area contributed by atoms with E-state index in [0.29, 0.717) is 11.6 Å². The van der Waals surface area contributed by atoms with Crippen molar-refractivity contribution in [3.8, 4) is 11.4 Å². The lowest BCUT2D eigenvalue weighted by molar-refractivity contribution is 0.251. The van der Waals surface area contributed by atoms with Crippen LogP contribution in [0, 0.1) is 6.92 Å². The summed E-state index contributed by atoms with van der Waals surface area (Å²) >= 11 is 0. The second kappa shape index (κ2) is 8.08. The van der Waals surface area contributed by atoms with Crippen LogP contribution in [0.5, 0.6) is 0 Å². The molecular weight excluding hydrogens is 354 g/mol. The molecule has 0 saturated carbocycles. The summed E-state index contributed by atoms with van der Waals surface area (Å²) < 4.78 is 0. The molecule has 8 heteroatoms. The van der Waals surface area contributed by atoms with Crippen molar-refractivity contribution in [2.45, 2.75) is 26.3 Å². The number of H-pyrrole nitrogens is 1. The molecule has 0 aliphatic carbocycles. The summed E-state index contributed by atoms with van der Waals surface area (Å²) in [6, 6.07) is 9.41. The fraction of sp³-hybridized carbons (Fsp3) is 0.300. The van der Waals surface area contributed by atoms with Gasteiger partial charge in [-0.3, -0.25) is 10.1 Å². The summed E-state index contributed by atoms with van der Waals surface area (Å²) in [5.41, 5.74) is 3.96. The standard InChI is InChI=1S/C20H23N7O/c1-14-16(5-4-6-17(14)27-11-2-3-12-27)23-20(28)22-13-18-24-19(26-25-18)15-7-9-21-10-8-15/h4-10H,2-3,11-13H2,1H3,(H2,22,23,28)(H,24,25,26). The first-order valence-corrected chi connectivity index (χ1v) is 9.42. The van der Waals surface area contributed by atoms with Gasteiger partial charge in [0, 0.05) is 42.4 Å². The fourth-order valence-electron chi connectivity index (χ4n) is 3.39. The zero-order valence-corrected chi connectivity index (χ0v) is 15.8. The quantitative estimate of drug-likeness (QED) is 0.635. The molecule has 0 radical (unpaired) electrons. The summed E-state index contributed by atoms with van der Waals surface area (Å²) in [6.07, 6.45) is 5.82. The summed E-state index contributed by atoms with van der Waals surface area (Å²) in [5.74, 6) is 1.17. The van der Waals surface area contributed by atoms with Crippen LogP contribution in [0.2, 0.25) is 0 Å². The number of aromatic amines is 1. The minimum atomic E-state index is -0.275. The summed E-state index contributed by atoms with van der Waals surface area (Å²) in [5, 5.41) is 12.8. The highest BCUT2D eigenvalue weighted by Crippen LogP contribution is 2.29. The number of nitrogens with one attached hydrogen (secondary N) is 3. The molecule has 8 nitrogen and oxygen atoms in total. The van der Waals surface area contributed by atoms with E-state index < -0.39 is 0 Å². The maximum absolute atomic E-state index is 12.3. The van der Waals surface area contributed by atoms with Crippen molar-refractivity contribution in [3.05, 3.63) is 54.1 Å². The van der Waals surface area contributed by atoms with E-state index in [9.17, 15) is 4.79 Å². The molecule has 4 rings (SSSR count). The highest BCUT2D eigenvalue weighted by atomic mass is 16.2. The van der Waals surface area contributed by atoms with Gasteiger partial charge in [0.05, 0.1) is 6.54 Å². The van der Waals surface area contributed by atoms with Gasteiger partial charge in [-0.15, -0.1) is 0 Å². The third kappa shape index (κ3) is 3.95. The average molecular weight is 377 g/mol. The minimum absolute atomic E-state index is 0.259. The van der Waals surface area contributed by atoms with Crippen molar-refractivity contribution >= 4 is 17.4 Å². The van der Waals surface area contributed by atoms with Crippen LogP contribution in [0.15, 0.2) is 42.7 Å². The number of hydrogen-bond acceptors (Lipinski definition) is 5. The van der Waals surface area contributed by atoms with Crippen LogP contribution >= 0.6 is 0 Å². The van der Waals surface area contributed by atoms with Crippen LogP contribution in [0.1, 0.15) is 24.2 Å². The second-order valence-electron chi connectivity index (χ2n) is 6.79. The maximum atomic E-state index is 12.3. The van der Waals surface area contributed by atoms with Crippen LogP contribution in [0.25, 0.3) is 11.4 Å². The zero-order chi connectivity index (χ0) is 19.3. The fourth-order valence-corrected chi connectivity index (χ4v) is 3.39. The predicted molar refractivity (Wildman–Crippen MR) is 108 cm³/mol. The summed E-state index contributed by atoms with van der Waals surface area (Å²) in [6.45, 7) is 4.44. The third-order valence-corrected chi connectivity index (χ3v) is 4.89. The highest BCUT2D eigenvalue weighted by Gasteiger charge is 2.16. The SMILES string of the molecule is Cc1c(NC(=O)NCc2nc(-c3ccncc3)n[nH]2)cccc1N1CCCC1. The third-order valence-electron chi connectivity index (χ3n) is 4.89. The summed E-state index contributed by atoms with van der Waals surface area (Å²) in [4.78, 5) is 23.1. The first-order valence-electron chi connectivity index (χ1n) is 9.42. The molecule has 28 heavy (non-hydrogen) atoms. The van der Waals surface area contributed by atoms with Crippen molar-refractivity contribution in [1.29, 1.82) is 0 Å². The van der Waals surface area contributed by atoms with E-state index in [1.54, 1.807) is 12.4 Å². The van der Waals surface area contributed by atoms with Crippen molar-refractivity contribution in [2.75, 3.05) is 23.3 Å². The molecule has 0 unspecified atom stereocenters. The van der Waals surface area contributed by atoms with Gasteiger partial charge in [-0.25, -0.2) is 9.78 Å². The molecule has 3 aromatic rings. The Bertz CT molecular complexity index is 948. The molecule has 0 atom stereocenters. The first-order chi connectivity index (χ1) is 13.7. The highest BCUT2D eigenvalue weighted by molar-refractivity contribution is 5.91. The molecule has 3 heterocycles. The number of carbonyl (C=O) groups excluding carboxylic acids is 1. The number of rotatable bonds is 5. The molecule has 0 spiro atoms. The number of carbonyl (C=O) groups is 1. The number of benzene rings is 1. The van der Waals surface area contributed by atoms with Crippen molar-refractivity contribution in [1.82, 2.24) is 25.5 Å². The molecule has 2 aromatic heterocycles. The van der Waals surface area contributed by atoms with Gasteiger partial charge in [-0.05, 0) is 49.6 Å². The lowest BCUT2D eigenvalue weighted by Gasteiger charge is -2.22. The normalized spacial score (nSPS) is 13.5. The number of amides is 2. The van der Waals surface area contributed by atoms with Crippen LogP contribution in [0.4, 0.5) is 16.2 Å². The van der Waals surface area contributed by atoms with E-state index in [1.807, 2.05) is 31.2 Å². The van der Waals surface area contributed by atoms with E-state index in [4.69, 9.17) is 0 Å². The lowest BCUT2D eigenvalue weighted by atomic mass is 10.1. The number of urea groups is 1.